The summed E-state index contributed by atoms with van der Waals surface area (Å²) < 4.78 is 0. The van der Waals surface area contributed by atoms with Crippen LogP contribution in [-0.4, -0.2) is 39.2 Å². The van der Waals surface area contributed by atoms with Gasteiger partial charge in [0.25, 0.3) is 5.91 Å². The van der Waals surface area contributed by atoms with Gasteiger partial charge in [0.2, 0.25) is 5.91 Å². The Morgan fingerprint density at radius 3 is 2.46 bits per heavy atom. The summed E-state index contributed by atoms with van der Waals surface area (Å²) in [4.78, 5) is 32.7. The summed E-state index contributed by atoms with van der Waals surface area (Å²) >= 11 is 0. The van der Waals surface area contributed by atoms with Gasteiger partial charge in [-0.05, 0) is 17.9 Å². The Morgan fingerprint density at radius 1 is 1.12 bits per heavy atom. The highest BCUT2D eigenvalue weighted by Gasteiger charge is 2.24. The molecule has 0 fully saturated rings. The van der Waals surface area contributed by atoms with Gasteiger partial charge in [0, 0.05) is 18.8 Å². The van der Waals surface area contributed by atoms with Gasteiger partial charge >= 0.3 is 0 Å². The maximum atomic E-state index is 12.6. The Labute approximate surface area is 152 Å². The van der Waals surface area contributed by atoms with Crippen molar-refractivity contribution in [3.8, 4) is 0 Å². The van der Waals surface area contributed by atoms with E-state index >= 15 is 0 Å². The van der Waals surface area contributed by atoms with E-state index < -0.39 is 24.1 Å². The molecule has 0 spiro atoms. The zero-order valence-electron chi connectivity index (χ0n) is 14.9. The summed E-state index contributed by atoms with van der Waals surface area (Å²) in [5.41, 5.74) is 1.02. The van der Waals surface area contributed by atoms with E-state index in [-0.39, 0.29) is 11.6 Å². The molecule has 2 aromatic rings. The minimum atomic E-state index is -0.964. The van der Waals surface area contributed by atoms with Gasteiger partial charge in [0.05, 0.1) is 6.20 Å². The van der Waals surface area contributed by atoms with Gasteiger partial charge in [0.15, 0.2) is 0 Å². The molecular formula is C19H24N4O3. The maximum absolute atomic E-state index is 12.6. The van der Waals surface area contributed by atoms with Crippen LogP contribution in [0.2, 0.25) is 0 Å². The zero-order valence-corrected chi connectivity index (χ0v) is 14.9. The molecular weight excluding hydrogens is 332 g/mol. The fraction of sp³-hybridized carbons (Fsp3) is 0.368. The Morgan fingerprint density at radius 2 is 1.85 bits per heavy atom. The van der Waals surface area contributed by atoms with Crippen LogP contribution in [0.15, 0.2) is 48.9 Å². The van der Waals surface area contributed by atoms with E-state index in [9.17, 15) is 14.7 Å². The number of carbonyl (C=O) groups is 2. The number of hydrogen-bond acceptors (Lipinski definition) is 5. The van der Waals surface area contributed by atoms with E-state index in [1.54, 1.807) is 0 Å². The standard InChI is InChI=1S/C19H24N4O3/c1-13(2)10-17(24)23-18(25)15(11-14-6-4-3-5-7-14)22-19(26)16-12-20-8-9-21-16/h3-9,12-13,15,17,24H,10-11H2,1-2H3,(H,22,26)(H,23,25)/t15?,17-/m1/s1. The van der Waals surface area contributed by atoms with Crippen LogP contribution >= 0.6 is 0 Å². The first kappa shape index (κ1) is 19.5. The van der Waals surface area contributed by atoms with Crippen molar-refractivity contribution in [2.75, 3.05) is 0 Å². The van der Waals surface area contributed by atoms with E-state index in [4.69, 9.17) is 0 Å². The second-order valence-electron chi connectivity index (χ2n) is 6.46. The lowest BCUT2D eigenvalue weighted by molar-refractivity contribution is -0.126. The van der Waals surface area contributed by atoms with Gasteiger partial charge in [-0.1, -0.05) is 44.2 Å². The Hall–Kier alpha value is -2.80. The van der Waals surface area contributed by atoms with Crippen molar-refractivity contribution < 1.29 is 14.7 Å². The summed E-state index contributed by atoms with van der Waals surface area (Å²) in [6.45, 7) is 3.90. The van der Waals surface area contributed by atoms with Gasteiger partial charge < -0.3 is 15.7 Å². The third-order valence-corrected chi connectivity index (χ3v) is 3.70. The van der Waals surface area contributed by atoms with Crippen molar-refractivity contribution in [3.05, 3.63) is 60.2 Å². The molecule has 0 radical (unpaired) electrons. The Bertz CT molecular complexity index is 707. The smallest absolute Gasteiger partial charge is 0.272 e. The predicted molar refractivity (Wildman–Crippen MR) is 97.0 cm³/mol. The van der Waals surface area contributed by atoms with Crippen LogP contribution in [0.4, 0.5) is 0 Å². The molecule has 2 amide bonds. The summed E-state index contributed by atoms with van der Waals surface area (Å²) in [6.07, 6.45) is 3.98. The lowest BCUT2D eigenvalue weighted by Crippen LogP contribution is -2.51. The maximum Gasteiger partial charge on any atom is 0.272 e. The number of hydrogen-bond donors (Lipinski definition) is 3. The quantitative estimate of drug-likeness (QED) is 0.619. The summed E-state index contributed by atoms with van der Waals surface area (Å²) in [6, 6.07) is 8.51. The summed E-state index contributed by atoms with van der Waals surface area (Å²) in [5, 5.41) is 15.2. The second-order valence-corrected chi connectivity index (χ2v) is 6.46. The molecule has 0 aliphatic carbocycles. The first-order valence-corrected chi connectivity index (χ1v) is 8.55. The summed E-state index contributed by atoms with van der Waals surface area (Å²) in [5.74, 6) is -0.709. The molecule has 0 saturated carbocycles. The molecule has 2 rings (SSSR count). The highest BCUT2D eigenvalue weighted by atomic mass is 16.3. The molecule has 2 atom stereocenters. The largest absolute Gasteiger partial charge is 0.374 e. The monoisotopic (exact) mass is 356 g/mol. The first-order chi connectivity index (χ1) is 12.5. The van der Waals surface area contributed by atoms with Crippen LogP contribution in [0.5, 0.6) is 0 Å². The molecule has 138 valence electrons. The molecule has 26 heavy (non-hydrogen) atoms. The number of aliphatic hydroxyl groups is 1. The third kappa shape index (κ3) is 6.25. The number of rotatable bonds is 8. The van der Waals surface area contributed by atoms with E-state index in [0.717, 1.165) is 5.56 Å². The number of nitrogens with one attached hydrogen (secondary N) is 2. The van der Waals surface area contributed by atoms with Crippen LogP contribution in [0.25, 0.3) is 0 Å². The SMILES string of the molecule is CC(C)C[C@@H](O)NC(=O)C(Cc1ccccc1)NC(=O)c1cnccn1. The minimum absolute atomic E-state index is 0.126. The number of aliphatic hydroxyl groups excluding tert-OH is 1. The number of nitrogens with zero attached hydrogens (tertiary/aromatic N) is 2. The second kappa shape index (κ2) is 9.62. The number of amides is 2. The minimum Gasteiger partial charge on any atom is -0.374 e. The van der Waals surface area contributed by atoms with E-state index in [1.165, 1.54) is 18.6 Å². The average molecular weight is 356 g/mol. The predicted octanol–water partition coefficient (Wildman–Crippen LogP) is 1.30. The molecule has 1 aromatic heterocycles. The van der Waals surface area contributed by atoms with Crippen molar-refractivity contribution in [3.63, 3.8) is 0 Å². The Kier molecular flexibility index (Phi) is 7.23. The first-order valence-electron chi connectivity index (χ1n) is 8.55. The van der Waals surface area contributed by atoms with Crippen molar-refractivity contribution >= 4 is 11.8 Å². The number of aromatic nitrogens is 2. The molecule has 3 N–H and O–H groups in total. The topological polar surface area (TPSA) is 104 Å². The highest BCUT2D eigenvalue weighted by molar-refractivity contribution is 5.96. The average Bonchev–Trinajstić information content (AvgIpc) is 2.62. The molecule has 1 aromatic carbocycles. The number of carbonyl (C=O) groups excluding carboxylic acids is 2. The Balaban J connectivity index is 2.10. The van der Waals surface area contributed by atoms with Crippen LogP contribution in [0, 0.1) is 5.92 Å². The van der Waals surface area contributed by atoms with Crippen LogP contribution in [-0.2, 0) is 11.2 Å². The molecule has 0 saturated heterocycles. The van der Waals surface area contributed by atoms with Gasteiger partial charge in [-0.15, -0.1) is 0 Å². The van der Waals surface area contributed by atoms with Crippen LogP contribution in [0.1, 0.15) is 36.3 Å². The van der Waals surface area contributed by atoms with Gasteiger partial charge in [0.1, 0.15) is 18.0 Å². The van der Waals surface area contributed by atoms with E-state index in [2.05, 4.69) is 20.6 Å². The zero-order chi connectivity index (χ0) is 18.9. The van der Waals surface area contributed by atoms with E-state index in [1.807, 2.05) is 44.2 Å². The van der Waals surface area contributed by atoms with Crippen molar-refractivity contribution in [1.82, 2.24) is 20.6 Å². The van der Waals surface area contributed by atoms with Crippen LogP contribution < -0.4 is 10.6 Å². The van der Waals surface area contributed by atoms with Crippen molar-refractivity contribution in [1.29, 1.82) is 0 Å². The van der Waals surface area contributed by atoms with Crippen molar-refractivity contribution in [2.45, 2.75) is 39.0 Å². The normalized spacial score (nSPS) is 13.1. The summed E-state index contributed by atoms with van der Waals surface area (Å²) in [7, 11) is 0. The molecule has 1 unspecified atom stereocenters. The number of benzene rings is 1. The molecule has 1 heterocycles. The molecule has 0 aliphatic heterocycles. The highest BCUT2D eigenvalue weighted by Crippen LogP contribution is 2.07. The third-order valence-electron chi connectivity index (χ3n) is 3.70. The fourth-order valence-electron chi connectivity index (χ4n) is 2.48. The van der Waals surface area contributed by atoms with E-state index in [0.29, 0.717) is 12.8 Å². The lowest BCUT2D eigenvalue weighted by atomic mass is 10.0. The molecule has 0 bridgehead atoms. The van der Waals surface area contributed by atoms with Crippen molar-refractivity contribution in [2.24, 2.45) is 5.92 Å². The van der Waals surface area contributed by atoms with Gasteiger partial charge in [-0.25, -0.2) is 4.98 Å². The molecule has 7 nitrogen and oxygen atoms in total. The molecule has 0 aliphatic rings. The lowest BCUT2D eigenvalue weighted by Gasteiger charge is -2.21. The van der Waals surface area contributed by atoms with Gasteiger partial charge in [-0.2, -0.15) is 0 Å². The van der Waals surface area contributed by atoms with Crippen LogP contribution in [0.3, 0.4) is 0 Å². The fourth-order valence-corrected chi connectivity index (χ4v) is 2.48. The van der Waals surface area contributed by atoms with Gasteiger partial charge in [-0.3, -0.25) is 14.6 Å². The molecule has 7 heteroatoms.